The van der Waals surface area contributed by atoms with E-state index in [0.29, 0.717) is 13.1 Å². The van der Waals surface area contributed by atoms with Crippen molar-refractivity contribution < 1.29 is 9.53 Å². The number of aromatic nitrogens is 1. The quantitative estimate of drug-likeness (QED) is 0.502. The number of methoxy groups -OCH3 is 1. The van der Waals surface area contributed by atoms with Crippen LogP contribution in [0.15, 0.2) is 11.6 Å². The lowest BCUT2D eigenvalue weighted by atomic mass is 10.4. The molecule has 1 atom stereocenters. The lowest BCUT2D eigenvalue weighted by Crippen LogP contribution is -2.29. The number of esters is 1. The van der Waals surface area contributed by atoms with Crippen molar-refractivity contribution in [2.24, 2.45) is 0 Å². The lowest BCUT2D eigenvalue weighted by molar-refractivity contribution is -0.139. The van der Waals surface area contributed by atoms with E-state index < -0.39 is 0 Å². The molecule has 0 spiro atoms. The average Bonchev–Trinajstić information content (AvgIpc) is 2.69. The fourth-order valence-electron chi connectivity index (χ4n) is 0.857. The van der Waals surface area contributed by atoms with Gasteiger partial charge in [0.25, 0.3) is 0 Å². The van der Waals surface area contributed by atoms with E-state index in [2.05, 4.69) is 37.6 Å². The van der Waals surface area contributed by atoms with Crippen molar-refractivity contribution in [3.8, 4) is 0 Å². The van der Waals surface area contributed by atoms with Gasteiger partial charge in [-0.1, -0.05) is 22.6 Å². The van der Waals surface area contributed by atoms with Crippen molar-refractivity contribution in [1.82, 2.24) is 10.3 Å². The van der Waals surface area contributed by atoms with Gasteiger partial charge in [0.1, 0.15) is 8.93 Å². The minimum absolute atomic E-state index is 0.141. The fourth-order valence-corrected chi connectivity index (χ4v) is 2.01. The summed E-state index contributed by atoms with van der Waals surface area (Å²) in [7, 11) is 1.40. The summed E-state index contributed by atoms with van der Waals surface area (Å²) in [6.45, 7) is 1.31. The number of carbonyl (C=O) groups is 1. The van der Waals surface area contributed by atoms with Gasteiger partial charge in [-0.25, -0.2) is 4.98 Å². The van der Waals surface area contributed by atoms with E-state index in [4.69, 9.17) is 0 Å². The highest BCUT2D eigenvalue weighted by Gasteiger charge is 2.13. The zero-order chi connectivity index (χ0) is 10.4. The molecule has 6 heteroatoms. The molecule has 0 radical (unpaired) electrons. The van der Waals surface area contributed by atoms with Gasteiger partial charge in [0, 0.05) is 24.7 Å². The first-order valence-corrected chi connectivity index (χ1v) is 6.17. The standard InChI is InChI=1S/C8H11IN2O2S/c1-13-8(12)6(9)4-10-5-7-11-2-3-14-7/h2-3,6,10H,4-5H2,1H3. The normalized spacial score (nSPS) is 12.4. The van der Waals surface area contributed by atoms with Crippen molar-refractivity contribution in [1.29, 1.82) is 0 Å². The number of hydrogen-bond acceptors (Lipinski definition) is 5. The lowest BCUT2D eigenvalue weighted by Gasteiger charge is -2.07. The largest absolute Gasteiger partial charge is 0.468 e. The summed E-state index contributed by atoms with van der Waals surface area (Å²) in [5.74, 6) is -0.197. The number of nitrogens with zero attached hydrogens (tertiary/aromatic N) is 1. The van der Waals surface area contributed by atoms with Crippen molar-refractivity contribution in [2.75, 3.05) is 13.7 Å². The Kier molecular flexibility index (Phi) is 5.34. The number of alkyl halides is 1. The molecule has 4 nitrogen and oxygen atoms in total. The van der Waals surface area contributed by atoms with Crippen LogP contribution >= 0.6 is 33.9 Å². The van der Waals surface area contributed by atoms with Gasteiger partial charge in [0.2, 0.25) is 0 Å². The van der Waals surface area contributed by atoms with E-state index in [1.807, 2.05) is 5.38 Å². The molecule has 14 heavy (non-hydrogen) atoms. The van der Waals surface area contributed by atoms with Gasteiger partial charge in [0.15, 0.2) is 0 Å². The molecular weight excluding hydrogens is 315 g/mol. The van der Waals surface area contributed by atoms with E-state index in [1.165, 1.54) is 7.11 Å². The summed E-state index contributed by atoms with van der Waals surface area (Å²) in [5.41, 5.74) is 0. The Balaban J connectivity index is 2.18. The SMILES string of the molecule is COC(=O)C(I)CNCc1nccs1. The molecule has 0 saturated carbocycles. The number of rotatable bonds is 5. The molecule has 1 heterocycles. The van der Waals surface area contributed by atoms with Crippen molar-refractivity contribution in [2.45, 2.75) is 10.5 Å². The molecule has 0 bridgehead atoms. The van der Waals surface area contributed by atoms with Crippen LogP contribution in [0.1, 0.15) is 5.01 Å². The van der Waals surface area contributed by atoms with Gasteiger partial charge < -0.3 is 10.1 Å². The number of ether oxygens (including phenoxy) is 1. The molecule has 0 aliphatic rings. The van der Waals surface area contributed by atoms with Crippen LogP contribution in [0.2, 0.25) is 0 Å². The molecule has 0 saturated heterocycles. The van der Waals surface area contributed by atoms with E-state index in [0.717, 1.165) is 5.01 Å². The Hall–Kier alpha value is -0.210. The predicted molar refractivity (Wildman–Crippen MR) is 63.6 cm³/mol. The van der Waals surface area contributed by atoms with E-state index in [9.17, 15) is 4.79 Å². The third kappa shape index (κ3) is 3.89. The Morgan fingerprint density at radius 3 is 3.21 bits per heavy atom. The van der Waals surface area contributed by atoms with Gasteiger partial charge in [0.05, 0.1) is 7.11 Å². The minimum Gasteiger partial charge on any atom is -0.468 e. The van der Waals surface area contributed by atoms with Crippen LogP contribution in [0.4, 0.5) is 0 Å². The molecule has 0 aliphatic carbocycles. The zero-order valence-electron chi connectivity index (χ0n) is 7.70. The Labute approximate surface area is 100 Å². The Bertz CT molecular complexity index is 279. The average molecular weight is 326 g/mol. The van der Waals surface area contributed by atoms with Gasteiger partial charge >= 0.3 is 5.97 Å². The van der Waals surface area contributed by atoms with Crippen LogP contribution < -0.4 is 5.32 Å². The number of carbonyl (C=O) groups excluding carboxylic acids is 1. The molecular formula is C8H11IN2O2S. The van der Waals surface area contributed by atoms with E-state index >= 15 is 0 Å². The molecule has 1 N–H and O–H groups in total. The first-order chi connectivity index (χ1) is 6.74. The third-order valence-electron chi connectivity index (χ3n) is 1.54. The van der Waals surface area contributed by atoms with Crippen LogP contribution in [0.25, 0.3) is 0 Å². The van der Waals surface area contributed by atoms with Crippen molar-refractivity contribution in [3.63, 3.8) is 0 Å². The molecule has 1 rings (SSSR count). The maximum atomic E-state index is 11.0. The maximum absolute atomic E-state index is 11.0. The topological polar surface area (TPSA) is 51.2 Å². The molecule has 0 fully saturated rings. The van der Waals surface area contributed by atoms with Gasteiger partial charge in [-0.2, -0.15) is 0 Å². The molecule has 0 aromatic carbocycles. The number of halogens is 1. The van der Waals surface area contributed by atoms with E-state index in [-0.39, 0.29) is 9.89 Å². The summed E-state index contributed by atoms with van der Waals surface area (Å²) in [6.07, 6.45) is 1.77. The molecule has 1 aromatic heterocycles. The second-order valence-corrected chi connectivity index (χ2v) is 5.03. The first kappa shape index (κ1) is 11.9. The number of thiazole rings is 1. The van der Waals surface area contributed by atoms with Crippen LogP contribution in [0.3, 0.4) is 0 Å². The number of hydrogen-bond donors (Lipinski definition) is 1. The third-order valence-corrected chi connectivity index (χ3v) is 3.27. The molecule has 0 amide bonds. The minimum atomic E-state index is -0.197. The predicted octanol–water partition coefficient (Wildman–Crippen LogP) is 1.21. The highest BCUT2D eigenvalue weighted by Crippen LogP contribution is 2.04. The second kappa shape index (κ2) is 6.31. The van der Waals surface area contributed by atoms with Gasteiger partial charge in [-0.3, -0.25) is 4.79 Å². The van der Waals surface area contributed by atoms with Gasteiger partial charge in [-0.05, 0) is 0 Å². The Morgan fingerprint density at radius 2 is 2.64 bits per heavy atom. The van der Waals surface area contributed by atoms with Crippen LogP contribution in [-0.2, 0) is 16.1 Å². The molecule has 78 valence electrons. The Morgan fingerprint density at radius 1 is 1.86 bits per heavy atom. The second-order valence-electron chi connectivity index (χ2n) is 2.55. The summed E-state index contributed by atoms with van der Waals surface area (Å²) in [5, 5.41) is 6.10. The van der Waals surface area contributed by atoms with Crippen LogP contribution in [0.5, 0.6) is 0 Å². The zero-order valence-corrected chi connectivity index (χ0v) is 10.7. The maximum Gasteiger partial charge on any atom is 0.319 e. The molecule has 1 aromatic rings. The van der Waals surface area contributed by atoms with Gasteiger partial charge in [-0.15, -0.1) is 11.3 Å². The summed E-state index contributed by atoms with van der Waals surface area (Å²) in [4.78, 5) is 15.1. The highest BCUT2D eigenvalue weighted by molar-refractivity contribution is 14.1. The smallest absolute Gasteiger partial charge is 0.319 e. The monoisotopic (exact) mass is 326 g/mol. The van der Waals surface area contributed by atoms with Crippen LogP contribution in [-0.4, -0.2) is 28.5 Å². The van der Waals surface area contributed by atoms with Crippen molar-refractivity contribution in [3.05, 3.63) is 16.6 Å². The summed E-state index contributed by atoms with van der Waals surface area (Å²) in [6, 6.07) is 0. The molecule has 0 aliphatic heterocycles. The van der Waals surface area contributed by atoms with E-state index in [1.54, 1.807) is 17.5 Å². The van der Waals surface area contributed by atoms with Crippen LogP contribution in [0, 0.1) is 0 Å². The highest BCUT2D eigenvalue weighted by atomic mass is 127. The summed E-state index contributed by atoms with van der Waals surface area (Å²) >= 11 is 3.65. The summed E-state index contributed by atoms with van der Waals surface area (Å²) < 4.78 is 4.46. The molecule has 1 unspecified atom stereocenters. The number of nitrogens with one attached hydrogen (secondary N) is 1. The fraction of sp³-hybridized carbons (Fsp3) is 0.500. The van der Waals surface area contributed by atoms with Crippen molar-refractivity contribution >= 4 is 39.9 Å². The first-order valence-electron chi connectivity index (χ1n) is 4.05.